The predicted octanol–water partition coefficient (Wildman–Crippen LogP) is 2.66. The Bertz CT molecular complexity index is 538. The molecule has 0 aliphatic heterocycles. The standard InChI is InChI=1S/C15H21N3/c1-10-5-7-14(8-6-10)15(9-16)18-13(4)11(2)12(3)17-18/h5-8,15H,9,16H2,1-4H3. The highest BCUT2D eigenvalue weighted by Gasteiger charge is 2.17. The highest BCUT2D eigenvalue weighted by atomic mass is 15.3. The molecule has 96 valence electrons. The molecule has 2 N–H and O–H groups in total. The van der Waals surface area contributed by atoms with Crippen LogP contribution in [0, 0.1) is 27.7 Å². The summed E-state index contributed by atoms with van der Waals surface area (Å²) in [5.74, 6) is 0. The topological polar surface area (TPSA) is 43.8 Å². The second-order valence-electron chi connectivity index (χ2n) is 4.90. The maximum absolute atomic E-state index is 5.94. The molecule has 3 nitrogen and oxygen atoms in total. The Hall–Kier alpha value is -1.61. The van der Waals surface area contributed by atoms with Crippen LogP contribution >= 0.6 is 0 Å². The Morgan fingerprint density at radius 1 is 1.11 bits per heavy atom. The molecule has 0 aliphatic carbocycles. The highest BCUT2D eigenvalue weighted by Crippen LogP contribution is 2.22. The fraction of sp³-hybridized carbons (Fsp3) is 0.400. The van der Waals surface area contributed by atoms with Crippen molar-refractivity contribution in [3.63, 3.8) is 0 Å². The number of benzene rings is 1. The lowest BCUT2D eigenvalue weighted by atomic mass is 10.1. The van der Waals surface area contributed by atoms with Crippen LogP contribution < -0.4 is 5.73 Å². The molecule has 0 radical (unpaired) electrons. The number of aromatic nitrogens is 2. The van der Waals surface area contributed by atoms with Gasteiger partial charge in [-0.1, -0.05) is 29.8 Å². The van der Waals surface area contributed by atoms with Crippen molar-refractivity contribution in [1.82, 2.24) is 9.78 Å². The molecule has 1 unspecified atom stereocenters. The smallest absolute Gasteiger partial charge is 0.0893 e. The van der Waals surface area contributed by atoms with E-state index < -0.39 is 0 Å². The molecule has 0 aliphatic rings. The van der Waals surface area contributed by atoms with Crippen molar-refractivity contribution in [3.8, 4) is 0 Å². The summed E-state index contributed by atoms with van der Waals surface area (Å²) in [6.45, 7) is 8.91. The first kappa shape index (κ1) is 12.8. The minimum absolute atomic E-state index is 0.123. The van der Waals surface area contributed by atoms with Crippen molar-refractivity contribution in [2.45, 2.75) is 33.7 Å². The molecule has 1 aromatic heterocycles. The fourth-order valence-corrected chi connectivity index (χ4v) is 2.21. The fourth-order valence-electron chi connectivity index (χ4n) is 2.21. The van der Waals surface area contributed by atoms with Gasteiger partial charge in [-0.05, 0) is 38.8 Å². The first-order valence-electron chi connectivity index (χ1n) is 6.33. The molecule has 3 heteroatoms. The highest BCUT2D eigenvalue weighted by molar-refractivity contribution is 5.28. The van der Waals surface area contributed by atoms with E-state index in [-0.39, 0.29) is 6.04 Å². The van der Waals surface area contributed by atoms with E-state index in [9.17, 15) is 0 Å². The largest absolute Gasteiger partial charge is 0.328 e. The Morgan fingerprint density at radius 2 is 1.72 bits per heavy atom. The minimum Gasteiger partial charge on any atom is -0.328 e. The minimum atomic E-state index is 0.123. The van der Waals surface area contributed by atoms with Gasteiger partial charge >= 0.3 is 0 Å². The van der Waals surface area contributed by atoms with E-state index in [1.54, 1.807) is 0 Å². The zero-order valence-corrected chi connectivity index (χ0v) is 11.6. The van der Waals surface area contributed by atoms with Crippen molar-refractivity contribution in [1.29, 1.82) is 0 Å². The van der Waals surface area contributed by atoms with Crippen molar-refractivity contribution < 1.29 is 0 Å². The quantitative estimate of drug-likeness (QED) is 0.900. The van der Waals surface area contributed by atoms with E-state index in [0.717, 1.165) is 5.69 Å². The van der Waals surface area contributed by atoms with E-state index in [2.05, 4.69) is 54.8 Å². The monoisotopic (exact) mass is 243 g/mol. The summed E-state index contributed by atoms with van der Waals surface area (Å²) in [5, 5.41) is 4.62. The van der Waals surface area contributed by atoms with Crippen molar-refractivity contribution >= 4 is 0 Å². The van der Waals surface area contributed by atoms with E-state index in [1.165, 1.54) is 22.4 Å². The van der Waals surface area contributed by atoms with Gasteiger partial charge in [-0.15, -0.1) is 0 Å². The van der Waals surface area contributed by atoms with Crippen LogP contribution in [0.15, 0.2) is 24.3 Å². The normalized spacial score (nSPS) is 12.7. The van der Waals surface area contributed by atoms with Crippen LogP contribution in [0.25, 0.3) is 0 Å². The molecule has 0 amide bonds. The van der Waals surface area contributed by atoms with Gasteiger partial charge in [-0.3, -0.25) is 4.68 Å². The lowest BCUT2D eigenvalue weighted by molar-refractivity contribution is 0.516. The lowest BCUT2D eigenvalue weighted by Crippen LogP contribution is -2.22. The molecule has 18 heavy (non-hydrogen) atoms. The number of nitrogens with zero attached hydrogens (tertiary/aromatic N) is 2. The van der Waals surface area contributed by atoms with Gasteiger partial charge in [0.25, 0.3) is 0 Å². The maximum Gasteiger partial charge on any atom is 0.0893 e. The van der Waals surface area contributed by atoms with E-state index in [1.807, 2.05) is 6.92 Å². The van der Waals surface area contributed by atoms with Gasteiger partial charge in [0.15, 0.2) is 0 Å². The summed E-state index contributed by atoms with van der Waals surface area (Å²) in [7, 11) is 0. The summed E-state index contributed by atoms with van der Waals surface area (Å²) in [4.78, 5) is 0. The third-order valence-corrected chi connectivity index (χ3v) is 3.67. The second kappa shape index (κ2) is 4.94. The number of rotatable bonds is 3. The molecular weight excluding hydrogens is 222 g/mol. The summed E-state index contributed by atoms with van der Waals surface area (Å²) in [6, 6.07) is 8.64. The molecule has 0 spiro atoms. The summed E-state index contributed by atoms with van der Waals surface area (Å²) < 4.78 is 2.05. The average molecular weight is 243 g/mol. The van der Waals surface area contributed by atoms with Gasteiger partial charge in [0.1, 0.15) is 0 Å². The van der Waals surface area contributed by atoms with Gasteiger partial charge in [0.2, 0.25) is 0 Å². The zero-order chi connectivity index (χ0) is 13.3. The molecule has 2 rings (SSSR count). The first-order valence-corrected chi connectivity index (χ1v) is 6.33. The Labute approximate surface area is 109 Å². The molecule has 0 fully saturated rings. The van der Waals surface area contributed by atoms with Crippen LogP contribution in [0.3, 0.4) is 0 Å². The summed E-state index contributed by atoms with van der Waals surface area (Å²) in [5.41, 5.74) is 12.0. The van der Waals surface area contributed by atoms with Crippen molar-refractivity contribution in [2.75, 3.05) is 6.54 Å². The van der Waals surface area contributed by atoms with E-state index in [4.69, 9.17) is 5.73 Å². The second-order valence-corrected chi connectivity index (χ2v) is 4.90. The van der Waals surface area contributed by atoms with E-state index in [0.29, 0.717) is 6.54 Å². The van der Waals surface area contributed by atoms with Crippen molar-refractivity contribution in [2.24, 2.45) is 5.73 Å². The van der Waals surface area contributed by atoms with Crippen LogP contribution in [0.2, 0.25) is 0 Å². The summed E-state index contributed by atoms with van der Waals surface area (Å²) >= 11 is 0. The Morgan fingerprint density at radius 3 is 2.17 bits per heavy atom. The van der Waals surface area contributed by atoms with Crippen LogP contribution in [0.5, 0.6) is 0 Å². The first-order chi connectivity index (χ1) is 8.54. The molecule has 1 atom stereocenters. The maximum atomic E-state index is 5.94. The summed E-state index contributed by atoms with van der Waals surface area (Å²) in [6.07, 6.45) is 0. The van der Waals surface area contributed by atoms with Crippen LogP contribution in [0.4, 0.5) is 0 Å². The van der Waals surface area contributed by atoms with Gasteiger partial charge < -0.3 is 5.73 Å². The average Bonchev–Trinajstić information content (AvgIpc) is 2.61. The van der Waals surface area contributed by atoms with Gasteiger partial charge in [-0.2, -0.15) is 5.10 Å². The number of hydrogen-bond acceptors (Lipinski definition) is 2. The van der Waals surface area contributed by atoms with Gasteiger partial charge in [0, 0.05) is 12.2 Å². The molecule has 1 heterocycles. The molecule has 0 bridgehead atoms. The van der Waals surface area contributed by atoms with Crippen molar-refractivity contribution in [3.05, 3.63) is 52.3 Å². The van der Waals surface area contributed by atoms with Gasteiger partial charge in [-0.25, -0.2) is 0 Å². The molecule has 0 saturated carbocycles. The SMILES string of the molecule is Cc1ccc(C(CN)n2nc(C)c(C)c2C)cc1. The molecular formula is C15H21N3. The zero-order valence-electron chi connectivity index (χ0n) is 11.6. The van der Waals surface area contributed by atoms with Crippen LogP contribution in [-0.2, 0) is 0 Å². The number of aryl methyl sites for hydroxylation is 2. The van der Waals surface area contributed by atoms with Crippen LogP contribution in [0.1, 0.15) is 34.1 Å². The van der Waals surface area contributed by atoms with E-state index >= 15 is 0 Å². The predicted molar refractivity (Wildman–Crippen MR) is 74.8 cm³/mol. The van der Waals surface area contributed by atoms with Gasteiger partial charge in [0.05, 0.1) is 11.7 Å². The molecule has 2 aromatic rings. The molecule has 1 aromatic carbocycles. The molecule has 0 saturated heterocycles. The third kappa shape index (κ3) is 2.18. The number of hydrogen-bond donors (Lipinski definition) is 1. The van der Waals surface area contributed by atoms with Crippen LogP contribution in [-0.4, -0.2) is 16.3 Å². The third-order valence-electron chi connectivity index (χ3n) is 3.67. The Balaban J connectivity index is 2.45. The Kier molecular flexibility index (Phi) is 3.53. The lowest BCUT2D eigenvalue weighted by Gasteiger charge is -2.18. The number of nitrogens with two attached hydrogens (primary N) is 1.